The van der Waals surface area contributed by atoms with Crippen molar-refractivity contribution in [2.45, 2.75) is 6.10 Å². The van der Waals surface area contributed by atoms with E-state index in [1.807, 2.05) is 0 Å². The van der Waals surface area contributed by atoms with Gasteiger partial charge in [-0.2, -0.15) is 0 Å². The molecule has 1 saturated heterocycles. The van der Waals surface area contributed by atoms with Crippen molar-refractivity contribution in [3.05, 3.63) is 32.8 Å². The molecule has 5 nitrogen and oxygen atoms in total. The van der Waals surface area contributed by atoms with Crippen molar-refractivity contribution in [2.24, 2.45) is 0 Å². The number of halogens is 1. The minimum Gasteiger partial charge on any atom is -0.481 e. The maximum atomic E-state index is 10.8. The number of hydrogen-bond donors (Lipinski definition) is 1. The van der Waals surface area contributed by atoms with Crippen LogP contribution in [0.25, 0.3) is 0 Å². The van der Waals surface area contributed by atoms with E-state index in [1.165, 1.54) is 6.07 Å². The van der Waals surface area contributed by atoms with Crippen LogP contribution in [0.15, 0.2) is 22.7 Å². The molecule has 1 aromatic rings. The van der Waals surface area contributed by atoms with E-state index in [2.05, 4.69) is 21.2 Å². The molecule has 0 bridgehead atoms. The standard InChI is InChI=1S/C9H9BrN2O3/c10-6-1-2-9(8(3-6)12(13)14)15-7-4-11-5-7/h1-3,7,11H,4-5H2. The van der Waals surface area contributed by atoms with E-state index in [9.17, 15) is 10.1 Å². The lowest BCUT2D eigenvalue weighted by Gasteiger charge is -2.27. The van der Waals surface area contributed by atoms with Gasteiger partial charge in [-0.3, -0.25) is 10.1 Å². The van der Waals surface area contributed by atoms with Gasteiger partial charge >= 0.3 is 5.69 Å². The SMILES string of the molecule is O=[N+]([O-])c1cc(Br)ccc1OC1CNC1. The average molecular weight is 273 g/mol. The summed E-state index contributed by atoms with van der Waals surface area (Å²) < 4.78 is 6.15. The summed E-state index contributed by atoms with van der Waals surface area (Å²) in [7, 11) is 0. The normalized spacial score (nSPS) is 15.8. The lowest BCUT2D eigenvalue weighted by Crippen LogP contribution is -2.50. The first-order chi connectivity index (χ1) is 7.16. The Morgan fingerprint density at radius 3 is 2.80 bits per heavy atom. The topological polar surface area (TPSA) is 64.4 Å². The summed E-state index contributed by atoms with van der Waals surface area (Å²) in [5.41, 5.74) is -0.00345. The number of hydrogen-bond acceptors (Lipinski definition) is 4. The molecule has 1 fully saturated rings. The van der Waals surface area contributed by atoms with Gasteiger partial charge in [0.1, 0.15) is 6.10 Å². The Morgan fingerprint density at radius 2 is 2.27 bits per heavy atom. The zero-order valence-corrected chi connectivity index (χ0v) is 9.36. The predicted molar refractivity (Wildman–Crippen MR) is 58.1 cm³/mol. The van der Waals surface area contributed by atoms with Gasteiger partial charge < -0.3 is 10.1 Å². The first-order valence-corrected chi connectivity index (χ1v) is 5.27. The second-order valence-electron chi connectivity index (χ2n) is 3.27. The first-order valence-electron chi connectivity index (χ1n) is 4.48. The van der Waals surface area contributed by atoms with E-state index in [-0.39, 0.29) is 11.8 Å². The van der Waals surface area contributed by atoms with Crippen molar-refractivity contribution in [3.63, 3.8) is 0 Å². The summed E-state index contributed by atoms with van der Waals surface area (Å²) in [5, 5.41) is 13.8. The summed E-state index contributed by atoms with van der Waals surface area (Å²) in [4.78, 5) is 10.3. The van der Waals surface area contributed by atoms with E-state index < -0.39 is 4.92 Å². The third-order valence-corrected chi connectivity index (χ3v) is 2.65. The third-order valence-electron chi connectivity index (χ3n) is 2.16. The van der Waals surface area contributed by atoms with E-state index in [1.54, 1.807) is 12.1 Å². The Bertz CT molecular complexity index is 393. The minimum atomic E-state index is -0.438. The van der Waals surface area contributed by atoms with Crippen molar-refractivity contribution in [1.29, 1.82) is 0 Å². The summed E-state index contributed by atoms with van der Waals surface area (Å²) in [6, 6.07) is 4.79. The summed E-state index contributed by atoms with van der Waals surface area (Å²) in [5.74, 6) is 0.328. The molecule has 1 aliphatic rings. The van der Waals surface area contributed by atoms with Gasteiger partial charge in [-0.1, -0.05) is 15.9 Å². The Hall–Kier alpha value is -1.14. The minimum absolute atomic E-state index is 0.00345. The fraction of sp³-hybridized carbons (Fsp3) is 0.333. The molecule has 0 aliphatic carbocycles. The largest absolute Gasteiger partial charge is 0.481 e. The highest BCUT2D eigenvalue weighted by Crippen LogP contribution is 2.31. The van der Waals surface area contributed by atoms with Gasteiger partial charge in [0.05, 0.1) is 4.92 Å². The quantitative estimate of drug-likeness (QED) is 0.672. The van der Waals surface area contributed by atoms with Crippen LogP contribution in [-0.2, 0) is 0 Å². The molecule has 0 unspecified atom stereocenters. The van der Waals surface area contributed by atoms with Crippen LogP contribution in [-0.4, -0.2) is 24.1 Å². The molecule has 1 N–H and O–H groups in total. The van der Waals surface area contributed by atoms with Gasteiger partial charge in [0.15, 0.2) is 5.75 Å². The van der Waals surface area contributed by atoms with Crippen LogP contribution in [0.4, 0.5) is 5.69 Å². The van der Waals surface area contributed by atoms with E-state index in [4.69, 9.17) is 4.74 Å². The van der Waals surface area contributed by atoms with Crippen molar-refractivity contribution < 1.29 is 9.66 Å². The lowest BCUT2D eigenvalue weighted by atomic mass is 10.2. The van der Waals surface area contributed by atoms with Crippen molar-refractivity contribution in [2.75, 3.05) is 13.1 Å². The number of nitrogens with zero attached hydrogens (tertiary/aromatic N) is 1. The number of benzene rings is 1. The molecule has 1 aliphatic heterocycles. The molecule has 80 valence electrons. The highest BCUT2D eigenvalue weighted by atomic mass is 79.9. The molecular formula is C9H9BrN2O3. The van der Waals surface area contributed by atoms with Crippen LogP contribution in [0, 0.1) is 10.1 Å². The van der Waals surface area contributed by atoms with Crippen LogP contribution in [0.5, 0.6) is 5.75 Å². The van der Waals surface area contributed by atoms with Crippen molar-refractivity contribution in [3.8, 4) is 5.75 Å². The highest BCUT2D eigenvalue weighted by Gasteiger charge is 2.23. The lowest BCUT2D eigenvalue weighted by molar-refractivity contribution is -0.386. The fourth-order valence-corrected chi connectivity index (χ4v) is 1.61. The summed E-state index contributed by atoms with van der Waals surface area (Å²) in [6.07, 6.45) is 0.0462. The van der Waals surface area contributed by atoms with Gasteiger partial charge in [0.2, 0.25) is 0 Å². The van der Waals surface area contributed by atoms with Gasteiger partial charge in [0.25, 0.3) is 0 Å². The zero-order chi connectivity index (χ0) is 10.8. The first kappa shape index (κ1) is 10.4. The molecule has 1 aromatic carbocycles. The van der Waals surface area contributed by atoms with Gasteiger partial charge in [-0.15, -0.1) is 0 Å². The third kappa shape index (κ3) is 2.27. The Labute approximate surface area is 94.7 Å². The molecule has 15 heavy (non-hydrogen) atoms. The maximum absolute atomic E-state index is 10.8. The van der Waals surface area contributed by atoms with Crippen LogP contribution >= 0.6 is 15.9 Å². The van der Waals surface area contributed by atoms with Crippen molar-refractivity contribution >= 4 is 21.6 Å². The number of nitro benzene ring substituents is 1. The monoisotopic (exact) mass is 272 g/mol. The molecule has 0 amide bonds. The summed E-state index contributed by atoms with van der Waals surface area (Å²) >= 11 is 3.19. The van der Waals surface area contributed by atoms with E-state index in [0.717, 1.165) is 13.1 Å². The number of ether oxygens (including phenoxy) is 1. The van der Waals surface area contributed by atoms with Crippen LogP contribution in [0.3, 0.4) is 0 Å². The van der Waals surface area contributed by atoms with E-state index >= 15 is 0 Å². The molecule has 2 rings (SSSR count). The van der Waals surface area contributed by atoms with E-state index in [0.29, 0.717) is 10.2 Å². The second-order valence-corrected chi connectivity index (χ2v) is 4.18. The number of nitro groups is 1. The van der Waals surface area contributed by atoms with Crippen LogP contribution < -0.4 is 10.1 Å². The molecule has 0 saturated carbocycles. The Kier molecular flexibility index (Phi) is 2.88. The van der Waals surface area contributed by atoms with Crippen molar-refractivity contribution in [1.82, 2.24) is 5.32 Å². The van der Waals surface area contributed by atoms with Gasteiger partial charge in [-0.25, -0.2) is 0 Å². The molecular weight excluding hydrogens is 264 g/mol. The Morgan fingerprint density at radius 1 is 1.53 bits per heavy atom. The zero-order valence-electron chi connectivity index (χ0n) is 7.77. The predicted octanol–water partition coefficient (Wildman–Crippen LogP) is 1.71. The second kappa shape index (κ2) is 4.16. The van der Waals surface area contributed by atoms with Crippen LogP contribution in [0.2, 0.25) is 0 Å². The maximum Gasteiger partial charge on any atom is 0.312 e. The average Bonchev–Trinajstić information content (AvgIpc) is 2.12. The number of rotatable bonds is 3. The molecule has 0 aromatic heterocycles. The molecule has 1 heterocycles. The Balaban J connectivity index is 2.23. The fourth-order valence-electron chi connectivity index (χ4n) is 1.26. The van der Waals surface area contributed by atoms with Gasteiger partial charge in [0, 0.05) is 23.6 Å². The number of nitrogens with one attached hydrogen (secondary N) is 1. The smallest absolute Gasteiger partial charge is 0.312 e. The molecule has 6 heteroatoms. The van der Waals surface area contributed by atoms with Gasteiger partial charge in [-0.05, 0) is 12.1 Å². The summed E-state index contributed by atoms with van der Waals surface area (Å²) in [6.45, 7) is 1.49. The van der Waals surface area contributed by atoms with Crippen LogP contribution in [0.1, 0.15) is 0 Å². The molecule has 0 spiro atoms. The highest BCUT2D eigenvalue weighted by molar-refractivity contribution is 9.10. The molecule has 0 radical (unpaired) electrons. The molecule has 0 atom stereocenters.